The Morgan fingerprint density at radius 1 is 1.00 bits per heavy atom. The molecule has 3 N–H and O–H groups in total. The Morgan fingerprint density at radius 3 is 2.41 bits per heavy atom. The average Bonchev–Trinajstić information content (AvgIpc) is 3.33. The Morgan fingerprint density at radius 2 is 1.72 bits per heavy atom. The Labute approximate surface area is 191 Å². The van der Waals surface area contributed by atoms with Crippen LogP contribution in [-0.4, -0.2) is 55.9 Å². The molecule has 2 aromatic carbocycles. The highest BCUT2D eigenvalue weighted by Gasteiger charge is 2.11. The highest BCUT2D eigenvalue weighted by Crippen LogP contribution is 2.28. The summed E-state index contributed by atoms with van der Waals surface area (Å²) in [6.45, 7) is 7.76. The Bertz CT molecular complexity index is 849. The van der Waals surface area contributed by atoms with E-state index in [2.05, 4.69) is 46.7 Å². The second kappa shape index (κ2) is 12.9. The molecule has 0 aliphatic carbocycles. The zero-order valence-corrected chi connectivity index (χ0v) is 19.3. The predicted molar refractivity (Wildman–Crippen MR) is 128 cm³/mol. The number of guanidine groups is 1. The van der Waals surface area contributed by atoms with Crippen molar-refractivity contribution in [3.63, 3.8) is 0 Å². The summed E-state index contributed by atoms with van der Waals surface area (Å²) in [6.07, 6.45) is 2.64. The summed E-state index contributed by atoms with van der Waals surface area (Å²) in [5.41, 5.74) is 3.62. The molecule has 32 heavy (non-hydrogen) atoms. The molecule has 0 saturated carbocycles. The van der Waals surface area contributed by atoms with Gasteiger partial charge in [-0.15, -0.1) is 0 Å². The first-order valence-electron chi connectivity index (χ1n) is 11.4. The zero-order valence-electron chi connectivity index (χ0n) is 19.3. The number of ether oxygens (including phenoxy) is 2. The lowest BCUT2D eigenvalue weighted by atomic mass is 10.1. The van der Waals surface area contributed by atoms with E-state index in [0.29, 0.717) is 24.6 Å². The van der Waals surface area contributed by atoms with Gasteiger partial charge in [-0.05, 0) is 61.7 Å². The number of methoxy groups -OCH3 is 1. The minimum absolute atomic E-state index is 0.0336. The van der Waals surface area contributed by atoms with Gasteiger partial charge in [-0.3, -0.25) is 4.90 Å². The number of rotatable bonds is 11. The standard InChI is InChI=1S/C25H36N4O3/c1-3-26-25(28-18-22-10-11-23(32-15-14-30)24(16-22)31-2)27-17-20-6-8-21(9-7-20)19-29-12-4-5-13-29/h6-11,16,30H,3-5,12-15,17-19H2,1-2H3,(H2,26,27,28). The quantitative estimate of drug-likeness (QED) is 0.368. The van der Waals surface area contributed by atoms with Gasteiger partial charge >= 0.3 is 0 Å². The van der Waals surface area contributed by atoms with Crippen molar-refractivity contribution in [3.05, 3.63) is 59.2 Å². The van der Waals surface area contributed by atoms with Crippen LogP contribution in [0.25, 0.3) is 0 Å². The van der Waals surface area contributed by atoms with Gasteiger partial charge in [0.2, 0.25) is 0 Å². The summed E-state index contributed by atoms with van der Waals surface area (Å²) >= 11 is 0. The van der Waals surface area contributed by atoms with Crippen LogP contribution in [0.5, 0.6) is 11.5 Å². The van der Waals surface area contributed by atoms with Crippen molar-refractivity contribution in [1.82, 2.24) is 15.5 Å². The third kappa shape index (κ3) is 7.43. The van der Waals surface area contributed by atoms with Crippen LogP contribution in [0, 0.1) is 0 Å². The van der Waals surface area contributed by atoms with E-state index in [-0.39, 0.29) is 13.2 Å². The molecule has 1 aliphatic rings. The summed E-state index contributed by atoms with van der Waals surface area (Å²) in [6, 6.07) is 14.6. The Balaban J connectivity index is 1.55. The first-order chi connectivity index (χ1) is 15.7. The van der Waals surface area contributed by atoms with Gasteiger partial charge in [0.1, 0.15) is 6.61 Å². The average molecular weight is 441 g/mol. The highest BCUT2D eigenvalue weighted by molar-refractivity contribution is 5.79. The van der Waals surface area contributed by atoms with Gasteiger partial charge in [-0.1, -0.05) is 30.3 Å². The lowest BCUT2D eigenvalue weighted by molar-refractivity contribution is 0.196. The Hall–Kier alpha value is -2.77. The molecular formula is C25H36N4O3. The van der Waals surface area contributed by atoms with E-state index >= 15 is 0 Å². The normalized spacial score (nSPS) is 14.4. The minimum Gasteiger partial charge on any atom is -0.493 e. The molecule has 1 aliphatic heterocycles. The van der Waals surface area contributed by atoms with Gasteiger partial charge < -0.3 is 25.2 Å². The Kier molecular flexibility index (Phi) is 9.65. The van der Waals surface area contributed by atoms with Crippen molar-refractivity contribution >= 4 is 5.96 Å². The van der Waals surface area contributed by atoms with Gasteiger partial charge in [0.25, 0.3) is 0 Å². The van der Waals surface area contributed by atoms with Gasteiger partial charge in [-0.2, -0.15) is 0 Å². The fourth-order valence-corrected chi connectivity index (χ4v) is 3.74. The molecule has 0 aromatic heterocycles. The maximum absolute atomic E-state index is 8.95. The molecule has 3 rings (SSSR count). The van der Waals surface area contributed by atoms with Crippen LogP contribution in [0.1, 0.15) is 36.5 Å². The van der Waals surface area contributed by atoms with E-state index in [0.717, 1.165) is 24.6 Å². The fourth-order valence-electron chi connectivity index (χ4n) is 3.74. The maximum atomic E-state index is 8.95. The molecule has 1 heterocycles. The number of nitrogens with zero attached hydrogens (tertiary/aromatic N) is 2. The van der Waals surface area contributed by atoms with Gasteiger partial charge in [-0.25, -0.2) is 4.99 Å². The number of likely N-dealkylation sites (tertiary alicyclic amines) is 1. The van der Waals surface area contributed by atoms with Crippen molar-refractivity contribution < 1.29 is 14.6 Å². The smallest absolute Gasteiger partial charge is 0.191 e. The molecule has 1 saturated heterocycles. The molecule has 0 unspecified atom stereocenters. The number of aliphatic imine (C=N–C) groups is 1. The minimum atomic E-state index is -0.0336. The number of nitrogens with one attached hydrogen (secondary N) is 2. The SMILES string of the molecule is CCNC(=NCc1ccc(OCCO)c(OC)c1)NCc1ccc(CN2CCCC2)cc1. The van der Waals surface area contributed by atoms with E-state index in [1.807, 2.05) is 18.2 Å². The van der Waals surface area contributed by atoms with E-state index in [1.165, 1.54) is 37.1 Å². The lowest BCUT2D eigenvalue weighted by Gasteiger charge is -2.15. The first kappa shape index (κ1) is 23.9. The molecule has 1 fully saturated rings. The molecule has 0 bridgehead atoms. The van der Waals surface area contributed by atoms with Gasteiger partial charge in [0.05, 0.1) is 20.3 Å². The third-order valence-electron chi connectivity index (χ3n) is 5.43. The third-order valence-corrected chi connectivity index (χ3v) is 5.43. The summed E-state index contributed by atoms with van der Waals surface area (Å²) in [4.78, 5) is 7.22. The van der Waals surface area contributed by atoms with E-state index in [1.54, 1.807) is 7.11 Å². The summed E-state index contributed by atoms with van der Waals surface area (Å²) < 4.78 is 10.9. The summed E-state index contributed by atoms with van der Waals surface area (Å²) in [5, 5.41) is 15.7. The largest absolute Gasteiger partial charge is 0.493 e. The van der Waals surface area contributed by atoms with Crippen LogP contribution in [0.2, 0.25) is 0 Å². The number of hydrogen-bond donors (Lipinski definition) is 3. The molecule has 174 valence electrons. The van der Waals surface area contributed by atoms with Gasteiger partial charge in [0, 0.05) is 19.6 Å². The van der Waals surface area contributed by atoms with Crippen LogP contribution in [0.15, 0.2) is 47.5 Å². The molecule has 0 radical (unpaired) electrons. The van der Waals surface area contributed by atoms with Crippen LogP contribution in [-0.2, 0) is 19.6 Å². The van der Waals surface area contributed by atoms with Crippen molar-refractivity contribution in [2.24, 2.45) is 4.99 Å². The second-order valence-corrected chi connectivity index (χ2v) is 7.91. The molecular weight excluding hydrogens is 404 g/mol. The zero-order chi connectivity index (χ0) is 22.6. The maximum Gasteiger partial charge on any atom is 0.191 e. The lowest BCUT2D eigenvalue weighted by Crippen LogP contribution is -2.36. The highest BCUT2D eigenvalue weighted by atomic mass is 16.5. The van der Waals surface area contributed by atoms with Crippen LogP contribution < -0.4 is 20.1 Å². The van der Waals surface area contributed by atoms with Crippen LogP contribution in [0.3, 0.4) is 0 Å². The molecule has 2 aromatic rings. The molecule has 0 amide bonds. The van der Waals surface area contributed by atoms with Crippen LogP contribution in [0.4, 0.5) is 0 Å². The molecule has 0 spiro atoms. The van der Waals surface area contributed by atoms with Crippen molar-refractivity contribution in [2.75, 3.05) is 40.0 Å². The van der Waals surface area contributed by atoms with Crippen molar-refractivity contribution in [2.45, 2.75) is 39.4 Å². The van der Waals surface area contributed by atoms with E-state index in [4.69, 9.17) is 19.6 Å². The molecule has 7 heteroatoms. The first-order valence-corrected chi connectivity index (χ1v) is 11.4. The number of aliphatic hydroxyl groups excluding tert-OH is 1. The fraction of sp³-hybridized carbons (Fsp3) is 0.480. The van der Waals surface area contributed by atoms with Crippen LogP contribution >= 0.6 is 0 Å². The summed E-state index contributed by atoms with van der Waals surface area (Å²) in [5.74, 6) is 2.03. The van der Waals surface area contributed by atoms with Gasteiger partial charge in [0.15, 0.2) is 17.5 Å². The molecule has 0 atom stereocenters. The topological polar surface area (TPSA) is 78.4 Å². The van der Waals surface area contributed by atoms with Crippen molar-refractivity contribution in [3.8, 4) is 11.5 Å². The van der Waals surface area contributed by atoms with Crippen molar-refractivity contribution in [1.29, 1.82) is 0 Å². The monoisotopic (exact) mass is 440 g/mol. The number of aliphatic hydroxyl groups is 1. The summed E-state index contributed by atoms with van der Waals surface area (Å²) in [7, 11) is 1.61. The molecule has 7 nitrogen and oxygen atoms in total. The van der Waals surface area contributed by atoms with E-state index in [9.17, 15) is 0 Å². The van der Waals surface area contributed by atoms with E-state index < -0.39 is 0 Å². The predicted octanol–water partition coefficient (Wildman–Crippen LogP) is 2.92. The second-order valence-electron chi connectivity index (χ2n) is 7.91. The number of benzene rings is 2. The number of hydrogen-bond acceptors (Lipinski definition) is 5.